The molecule has 0 spiro atoms. The van der Waals surface area contributed by atoms with E-state index in [1.807, 2.05) is 12.1 Å². The molecule has 0 bridgehead atoms. The molecule has 1 aromatic rings. The Bertz CT molecular complexity index is 408. The largest absolute Gasteiger partial charge is 0.390 e. The minimum absolute atomic E-state index is 0.498. The summed E-state index contributed by atoms with van der Waals surface area (Å²) in [5.41, 5.74) is -0.273. The van der Waals surface area contributed by atoms with Crippen LogP contribution in [-0.2, 0) is 5.41 Å². The Kier molecular flexibility index (Phi) is 2.26. The van der Waals surface area contributed by atoms with E-state index in [4.69, 9.17) is 11.6 Å². The molecule has 0 heterocycles. The number of nitriles is 1. The molecule has 2 rings (SSSR count). The van der Waals surface area contributed by atoms with Gasteiger partial charge < -0.3 is 5.11 Å². The highest BCUT2D eigenvalue weighted by atomic mass is 35.5. The van der Waals surface area contributed by atoms with Gasteiger partial charge in [0.1, 0.15) is 0 Å². The average Bonchev–Trinajstić information content (AvgIpc) is 2.14. The normalized spacial score (nSPS) is 34.3. The zero-order valence-corrected chi connectivity index (χ0v) is 9.25. The maximum atomic E-state index is 9.72. The van der Waals surface area contributed by atoms with Crippen molar-refractivity contribution in [2.75, 3.05) is 0 Å². The Morgan fingerprint density at radius 3 is 2.27 bits per heavy atom. The van der Waals surface area contributed by atoms with Gasteiger partial charge in [0.15, 0.2) is 0 Å². The lowest BCUT2D eigenvalue weighted by Gasteiger charge is -2.47. The van der Waals surface area contributed by atoms with Crippen LogP contribution < -0.4 is 0 Å². The Balaban J connectivity index is 2.31. The van der Waals surface area contributed by atoms with E-state index >= 15 is 0 Å². The maximum absolute atomic E-state index is 9.72. The summed E-state index contributed by atoms with van der Waals surface area (Å²) in [7, 11) is 0. The van der Waals surface area contributed by atoms with E-state index in [0.29, 0.717) is 17.9 Å². The second kappa shape index (κ2) is 3.23. The summed E-state index contributed by atoms with van der Waals surface area (Å²) >= 11 is 5.79. The molecular weight excluding hydrogens is 210 g/mol. The molecule has 2 nitrogen and oxygen atoms in total. The molecule has 3 heteroatoms. The zero-order chi connectivity index (χ0) is 11.1. The Morgan fingerprint density at radius 2 is 1.87 bits per heavy atom. The topological polar surface area (TPSA) is 44.0 Å². The van der Waals surface area contributed by atoms with Gasteiger partial charge in [-0.25, -0.2) is 0 Å². The first-order valence-corrected chi connectivity index (χ1v) is 5.25. The third-order valence-electron chi connectivity index (χ3n) is 2.98. The predicted octanol–water partition coefficient (Wildman–Crippen LogP) is 2.65. The Labute approximate surface area is 94.1 Å². The van der Waals surface area contributed by atoms with Gasteiger partial charge in [-0.15, -0.1) is 0 Å². The van der Waals surface area contributed by atoms with Gasteiger partial charge in [-0.05, 0) is 37.5 Å². The standard InChI is InChI=1S/C12H12ClNO/c1-11(15)6-12(7-11,8-14)9-2-4-10(13)5-3-9/h2-5,15H,6-7H2,1H3. The van der Waals surface area contributed by atoms with E-state index < -0.39 is 11.0 Å². The molecule has 0 saturated heterocycles. The molecule has 0 aromatic heterocycles. The number of benzene rings is 1. The van der Waals surface area contributed by atoms with E-state index in [-0.39, 0.29) is 0 Å². The molecule has 0 unspecified atom stereocenters. The number of aliphatic hydroxyl groups is 1. The van der Waals surface area contributed by atoms with E-state index in [2.05, 4.69) is 6.07 Å². The van der Waals surface area contributed by atoms with Crippen LogP contribution in [0.2, 0.25) is 5.02 Å². The van der Waals surface area contributed by atoms with Crippen molar-refractivity contribution in [3.8, 4) is 6.07 Å². The van der Waals surface area contributed by atoms with Crippen LogP contribution in [0.25, 0.3) is 0 Å². The van der Waals surface area contributed by atoms with E-state index in [9.17, 15) is 10.4 Å². The molecule has 0 atom stereocenters. The fourth-order valence-corrected chi connectivity index (χ4v) is 2.49. The van der Waals surface area contributed by atoms with Crippen LogP contribution in [0.5, 0.6) is 0 Å². The molecule has 1 aliphatic carbocycles. The van der Waals surface area contributed by atoms with Crippen LogP contribution in [0.15, 0.2) is 24.3 Å². The first-order chi connectivity index (χ1) is 6.97. The molecule has 0 aliphatic heterocycles. The smallest absolute Gasteiger partial charge is 0.0876 e. The lowest BCUT2D eigenvalue weighted by molar-refractivity contribution is -0.0556. The van der Waals surface area contributed by atoms with Crippen molar-refractivity contribution >= 4 is 11.6 Å². The average molecular weight is 222 g/mol. The van der Waals surface area contributed by atoms with Gasteiger partial charge in [0, 0.05) is 5.02 Å². The van der Waals surface area contributed by atoms with E-state index in [0.717, 1.165) is 5.56 Å². The lowest BCUT2D eigenvalue weighted by Crippen LogP contribution is -2.51. The fraction of sp³-hybridized carbons (Fsp3) is 0.417. The minimum Gasteiger partial charge on any atom is -0.390 e. The zero-order valence-electron chi connectivity index (χ0n) is 8.50. The summed E-state index contributed by atoms with van der Waals surface area (Å²) in [6.07, 6.45) is 0.996. The molecule has 1 aliphatic rings. The third kappa shape index (κ3) is 1.73. The number of rotatable bonds is 1. The van der Waals surface area contributed by atoms with Crippen LogP contribution in [-0.4, -0.2) is 10.7 Å². The highest BCUT2D eigenvalue weighted by molar-refractivity contribution is 6.30. The summed E-state index contributed by atoms with van der Waals surface area (Å²) in [6, 6.07) is 9.59. The van der Waals surface area contributed by atoms with Crippen LogP contribution >= 0.6 is 11.6 Å². The van der Waals surface area contributed by atoms with E-state index in [1.54, 1.807) is 19.1 Å². The molecule has 15 heavy (non-hydrogen) atoms. The molecule has 1 fully saturated rings. The predicted molar refractivity (Wildman–Crippen MR) is 58.6 cm³/mol. The highest BCUT2D eigenvalue weighted by Crippen LogP contribution is 2.49. The Morgan fingerprint density at radius 1 is 1.33 bits per heavy atom. The van der Waals surface area contributed by atoms with Gasteiger partial charge in [-0.3, -0.25) is 0 Å². The van der Waals surface area contributed by atoms with Crippen LogP contribution in [0.3, 0.4) is 0 Å². The second-order valence-corrected chi connectivity index (χ2v) is 4.99. The van der Waals surface area contributed by atoms with Crippen LogP contribution in [0.1, 0.15) is 25.3 Å². The molecule has 1 N–H and O–H groups in total. The molecule has 1 aromatic carbocycles. The minimum atomic E-state index is -0.699. The molecule has 0 radical (unpaired) electrons. The quantitative estimate of drug-likeness (QED) is 0.793. The van der Waals surface area contributed by atoms with Crippen molar-refractivity contribution < 1.29 is 5.11 Å². The summed E-state index contributed by atoms with van der Waals surface area (Å²) in [6.45, 7) is 1.76. The van der Waals surface area contributed by atoms with E-state index in [1.165, 1.54) is 0 Å². The first kappa shape index (κ1) is 10.5. The van der Waals surface area contributed by atoms with Gasteiger partial charge in [0.25, 0.3) is 0 Å². The van der Waals surface area contributed by atoms with Gasteiger partial charge in [-0.1, -0.05) is 23.7 Å². The first-order valence-electron chi connectivity index (χ1n) is 4.87. The van der Waals surface area contributed by atoms with Crippen molar-refractivity contribution in [2.24, 2.45) is 0 Å². The van der Waals surface area contributed by atoms with Crippen LogP contribution in [0.4, 0.5) is 0 Å². The number of hydrogen-bond acceptors (Lipinski definition) is 2. The molecule has 78 valence electrons. The molecule has 1 saturated carbocycles. The van der Waals surface area contributed by atoms with Crippen molar-refractivity contribution in [3.05, 3.63) is 34.9 Å². The van der Waals surface area contributed by atoms with Crippen molar-refractivity contribution in [1.82, 2.24) is 0 Å². The van der Waals surface area contributed by atoms with Crippen molar-refractivity contribution in [1.29, 1.82) is 5.26 Å². The molecular formula is C12H12ClNO. The number of nitrogens with zero attached hydrogens (tertiary/aromatic N) is 1. The van der Waals surface area contributed by atoms with Gasteiger partial charge in [0.2, 0.25) is 0 Å². The van der Waals surface area contributed by atoms with Crippen molar-refractivity contribution in [2.45, 2.75) is 30.8 Å². The SMILES string of the molecule is CC1(O)CC(C#N)(c2ccc(Cl)cc2)C1. The summed E-state index contributed by atoms with van der Waals surface area (Å²) in [5.74, 6) is 0. The van der Waals surface area contributed by atoms with Crippen molar-refractivity contribution in [3.63, 3.8) is 0 Å². The van der Waals surface area contributed by atoms with Gasteiger partial charge >= 0.3 is 0 Å². The Hall–Kier alpha value is -1.04. The summed E-state index contributed by atoms with van der Waals surface area (Å²) in [5, 5.41) is 19.6. The number of halogens is 1. The molecule has 0 amide bonds. The number of hydrogen-bond donors (Lipinski definition) is 1. The van der Waals surface area contributed by atoms with Gasteiger partial charge in [-0.2, -0.15) is 5.26 Å². The van der Waals surface area contributed by atoms with Crippen LogP contribution in [0, 0.1) is 11.3 Å². The fourth-order valence-electron chi connectivity index (χ4n) is 2.37. The second-order valence-electron chi connectivity index (χ2n) is 4.55. The third-order valence-corrected chi connectivity index (χ3v) is 3.23. The monoisotopic (exact) mass is 221 g/mol. The lowest BCUT2D eigenvalue weighted by atomic mass is 9.57. The van der Waals surface area contributed by atoms with Gasteiger partial charge in [0.05, 0.1) is 17.1 Å². The summed E-state index contributed by atoms with van der Waals surface area (Å²) < 4.78 is 0. The summed E-state index contributed by atoms with van der Waals surface area (Å²) in [4.78, 5) is 0. The highest BCUT2D eigenvalue weighted by Gasteiger charge is 2.52. The maximum Gasteiger partial charge on any atom is 0.0876 e.